The van der Waals surface area contributed by atoms with Crippen molar-refractivity contribution in [1.29, 1.82) is 5.26 Å². The topological polar surface area (TPSA) is 106 Å². The van der Waals surface area contributed by atoms with E-state index in [4.69, 9.17) is 15.1 Å². The van der Waals surface area contributed by atoms with E-state index in [1.165, 1.54) is 6.20 Å². The Morgan fingerprint density at radius 2 is 2.14 bits per heavy atom. The average molecular weight is 307 g/mol. The van der Waals surface area contributed by atoms with Gasteiger partial charge in [0.15, 0.2) is 11.6 Å². The summed E-state index contributed by atoms with van der Waals surface area (Å²) in [5, 5.41) is 13.8. The van der Waals surface area contributed by atoms with Crippen molar-refractivity contribution in [3.8, 4) is 11.8 Å². The van der Waals surface area contributed by atoms with Crippen molar-refractivity contribution in [2.24, 2.45) is 5.14 Å². The summed E-state index contributed by atoms with van der Waals surface area (Å²) >= 11 is 0. The van der Waals surface area contributed by atoms with Gasteiger partial charge in [-0.25, -0.2) is 22.9 Å². The van der Waals surface area contributed by atoms with Crippen molar-refractivity contribution >= 4 is 10.0 Å². The van der Waals surface area contributed by atoms with Crippen LogP contribution in [0.5, 0.6) is 5.75 Å². The molecule has 0 spiro atoms. The highest BCUT2D eigenvalue weighted by Crippen LogP contribution is 2.21. The summed E-state index contributed by atoms with van der Waals surface area (Å²) < 4.78 is 41.1. The average Bonchev–Trinajstić information content (AvgIpc) is 2.45. The van der Waals surface area contributed by atoms with Crippen LogP contribution in [0, 0.1) is 17.1 Å². The second-order valence-corrected chi connectivity index (χ2v) is 5.61. The van der Waals surface area contributed by atoms with Crippen LogP contribution in [0.4, 0.5) is 4.39 Å². The summed E-state index contributed by atoms with van der Waals surface area (Å²) in [5.41, 5.74) is 0.675. The highest BCUT2D eigenvalue weighted by Gasteiger charge is 2.13. The van der Waals surface area contributed by atoms with Crippen LogP contribution in [0.2, 0.25) is 0 Å². The van der Waals surface area contributed by atoms with E-state index in [-0.39, 0.29) is 22.9 Å². The first kappa shape index (κ1) is 14.9. The van der Waals surface area contributed by atoms with E-state index >= 15 is 0 Å². The van der Waals surface area contributed by atoms with E-state index in [1.807, 2.05) is 6.07 Å². The van der Waals surface area contributed by atoms with Crippen LogP contribution in [0.15, 0.2) is 41.4 Å². The number of benzene rings is 1. The molecule has 108 valence electrons. The highest BCUT2D eigenvalue weighted by molar-refractivity contribution is 7.89. The van der Waals surface area contributed by atoms with Gasteiger partial charge in [0.2, 0.25) is 10.0 Å². The molecule has 1 aromatic carbocycles. The first-order valence-corrected chi connectivity index (χ1v) is 7.25. The van der Waals surface area contributed by atoms with Crippen molar-refractivity contribution in [2.45, 2.75) is 11.5 Å². The summed E-state index contributed by atoms with van der Waals surface area (Å²) in [7, 11) is -3.97. The molecule has 1 aromatic heterocycles. The van der Waals surface area contributed by atoms with E-state index in [0.717, 1.165) is 18.2 Å². The molecule has 0 radical (unpaired) electrons. The molecule has 0 fully saturated rings. The third-order valence-electron chi connectivity index (χ3n) is 2.61. The first-order valence-electron chi connectivity index (χ1n) is 5.71. The monoisotopic (exact) mass is 307 g/mol. The minimum atomic E-state index is -3.97. The van der Waals surface area contributed by atoms with Gasteiger partial charge in [0, 0.05) is 11.8 Å². The van der Waals surface area contributed by atoms with E-state index < -0.39 is 15.8 Å². The summed E-state index contributed by atoms with van der Waals surface area (Å²) in [5.74, 6) is -1.00. The molecule has 2 aromatic rings. The Labute approximate surface area is 120 Å². The Morgan fingerprint density at radius 3 is 2.76 bits per heavy atom. The molecule has 0 unspecified atom stereocenters. The first-order chi connectivity index (χ1) is 9.91. The molecule has 0 bridgehead atoms. The quantitative estimate of drug-likeness (QED) is 0.916. The lowest BCUT2D eigenvalue weighted by Crippen LogP contribution is -2.12. The number of sulfonamides is 1. The van der Waals surface area contributed by atoms with E-state index in [9.17, 15) is 12.8 Å². The number of ether oxygens (including phenoxy) is 1. The van der Waals surface area contributed by atoms with Gasteiger partial charge in [0.25, 0.3) is 0 Å². The molecule has 21 heavy (non-hydrogen) atoms. The van der Waals surface area contributed by atoms with Gasteiger partial charge in [-0.15, -0.1) is 0 Å². The van der Waals surface area contributed by atoms with Crippen LogP contribution < -0.4 is 9.88 Å². The second-order valence-electron chi connectivity index (χ2n) is 4.05. The zero-order valence-corrected chi connectivity index (χ0v) is 11.5. The number of nitriles is 1. The highest BCUT2D eigenvalue weighted by atomic mass is 32.2. The molecular formula is C13H10FN3O3S. The Kier molecular flexibility index (Phi) is 4.16. The van der Waals surface area contributed by atoms with Gasteiger partial charge < -0.3 is 4.74 Å². The molecule has 8 heteroatoms. The van der Waals surface area contributed by atoms with Gasteiger partial charge in [-0.05, 0) is 24.3 Å². The van der Waals surface area contributed by atoms with E-state index in [0.29, 0.717) is 5.56 Å². The second kappa shape index (κ2) is 5.87. The molecule has 2 rings (SSSR count). The maximum atomic E-state index is 13.7. The number of rotatable bonds is 4. The number of halogens is 1. The minimum absolute atomic E-state index is 0.0671. The Morgan fingerprint density at radius 1 is 1.38 bits per heavy atom. The van der Waals surface area contributed by atoms with E-state index in [2.05, 4.69) is 4.98 Å². The normalized spacial score (nSPS) is 10.9. The lowest BCUT2D eigenvalue weighted by Gasteiger charge is -2.08. The lowest BCUT2D eigenvalue weighted by atomic mass is 10.2. The SMILES string of the molecule is N#Cc1ncccc1COc1ccc(S(N)(=O)=O)cc1F. The van der Waals surface area contributed by atoms with Crippen LogP contribution in [0.3, 0.4) is 0 Å². The number of primary sulfonamides is 1. The van der Waals surface area contributed by atoms with Crippen molar-refractivity contribution in [2.75, 3.05) is 0 Å². The third-order valence-corrected chi connectivity index (χ3v) is 3.52. The molecule has 0 aliphatic heterocycles. The fraction of sp³-hybridized carbons (Fsp3) is 0.0769. The van der Waals surface area contributed by atoms with Crippen LogP contribution >= 0.6 is 0 Å². The van der Waals surface area contributed by atoms with Crippen LogP contribution in [0.25, 0.3) is 0 Å². The fourth-order valence-electron chi connectivity index (χ4n) is 1.59. The summed E-state index contributed by atoms with van der Waals surface area (Å²) in [6, 6.07) is 8.23. The summed E-state index contributed by atoms with van der Waals surface area (Å²) in [6.45, 7) is -0.0671. The number of pyridine rings is 1. The molecule has 0 amide bonds. The maximum absolute atomic E-state index is 13.7. The molecule has 6 nitrogen and oxygen atoms in total. The molecule has 2 N–H and O–H groups in total. The number of nitrogens with zero attached hydrogens (tertiary/aromatic N) is 2. The van der Waals surface area contributed by atoms with Gasteiger partial charge >= 0.3 is 0 Å². The predicted molar refractivity (Wildman–Crippen MR) is 71.1 cm³/mol. The molecule has 0 atom stereocenters. The number of aromatic nitrogens is 1. The minimum Gasteiger partial charge on any atom is -0.486 e. The molecule has 0 aliphatic carbocycles. The Bertz CT molecular complexity index is 816. The molecule has 0 saturated heterocycles. The van der Waals surface area contributed by atoms with Crippen LogP contribution in [0.1, 0.15) is 11.3 Å². The molecule has 0 aliphatic rings. The number of nitrogens with two attached hydrogens (primary N) is 1. The van der Waals surface area contributed by atoms with E-state index in [1.54, 1.807) is 12.1 Å². The standard InChI is InChI=1S/C13H10FN3O3S/c14-11-6-10(21(16,18)19)3-4-13(11)20-8-9-2-1-5-17-12(9)7-15/h1-6H,8H2,(H2,16,18,19). The van der Waals surface area contributed by atoms with Gasteiger partial charge in [-0.1, -0.05) is 6.07 Å². The molecule has 1 heterocycles. The van der Waals surface area contributed by atoms with Crippen LogP contribution in [-0.4, -0.2) is 13.4 Å². The zero-order valence-electron chi connectivity index (χ0n) is 10.7. The third kappa shape index (κ3) is 3.53. The van der Waals surface area contributed by atoms with Gasteiger partial charge in [-0.3, -0.25) is 0 Å². The smallest absolute Gasteiger partial charge is 0.238 e. The van der Waals surface area contributed by atoms with Crippen molar-refractivity contribution in [1.82, 2.24) is 4.98 Å². The molecule has 0 saturated carbocycles. The summed E-state index contributed by atoms with van der Waals surface area (Å²) in [4.78, 5) is 3.51. The largest absolute Gasteiger partial charge is 0.486 e. The van der Waals surface area contributed by atoms with Crippen LogP contribution in [-0.2, 0) is 16.6 Å². The molecular weight excluding hydrogens is 297 g/mol. The fourth-order valence-corrected chi connectivity index (χ4v) is 2.11. The lowest BCUT2D eigenvalue weighted by molar-refractivity contribution is 0.289. The van der Waals surface area contributed by atoms with Gasteiger partial charge in [-0.2, -0.15) is 5.26 Å². The van der Waals surface area contributed by atoms with Gasteiger partial charge in [0.05, 0.1) is 4.90 Å². The van der Waals surface area contributed by atoms with Gasteiger partial charge in [0.1, 0.15) is 18.4 Å². The van der Waals surface area contributed by atoms with Crippen molar-refractivity contribution < 1.29 is 17.5 Å². The zero-order chi connectivity index (χ0) is 15.5. The number of hydrogen-bond donors (Lipinski definition) is 1. The Hall–Kier alpha value is -2.50. The predicted octanol–water partition coefficient (Wildman–Crippen LogP) is 1.32. The maximum Gasteiger partial charge on any atom is 0.238 e. The van der Waals surface area contributed by atoms with Crippen molar-refractivity contribution in [3.05, 3.63) is 53.6 Å². The van der Waals surface area contributed by atoms with Crippen molar-refractivity contribution in [3.63, 3.8) is 0 Å². The number of hydrogen-bond acceptors (Lipinski definition) is 5. The summed E-state index contributed by atoms with van der Waals surface area (Å²) in [6.07, 6.45) is 1.46. The Balaban J connectivity index is 2.20.